The van der Waals surface area contributed by atoms with Gasteiger partial charge in [0, 0.05) is 37.0 Å². The smallest absolute Gasteiger partial charge is 0.408 e. The summed E-state index contributed by atoms with van der Waals surface area (Å²) in [5, 5.41) is 15.6. The normalized spacial score (nSPS) is 16.1. The first-order chi connectivity index (χ1) is 22.1. The molecule has 250 valence electrons. The minimum atomic E-state index is -1.27. The Balaban J connectivity index is 1.74. The van der Waals surface area contributed by atoms with Crippen LogP contribution in [0, 0.1) is 11.8 Å². The first-order valence-electron chi connectivity index (χ1n) is 15.6. The maximum atomic E-state index is 13.7. The maximum Gasteiger partial charge on any atom is 0.408 e. The summed E-state index contributed by atoms with van der Waals surface area (Å²) in [6, 6.07) is 5.57. The molecule has 0 spiro atoms. The third-order valence-corrected chi connectivity index (χ3v) is 8.18. The summed E-state index contributed by atoms with van der Waals surface area (Å²) in [6.07, 6.45) is 2.92. The second-order valence-corrected chi connectivity index (χ2v) is 12.6. The molecule has 1 aromatic heterocycles. The molecular formula is C32H44N6O7S. The number of carbonyl (C=O) groups excluding carboxylic acids is 6. The molecule has 1 saturated heterocycles. The monoisotopic (exact) mass is 656 g/mol. The lowest BCUT2D eigenvalue weighted by Gasteiger charge is -2.26. The van der Waals surface area contributed by atoms with E-state index in [-0.39, 0.29) is 37.7 Å². The minimum absolute atomic E-state index is 0.00288. The number of aromatic nitrogens is 1. The van der Waals surface area contributed by atoms with Crippen LogP contribution in [0.3, 0.4) is 0 Å². The minimum Gasteiger partial charge on any atom is -0.445 e. The molecule has 0 bridgehead atoms. The maximum absolute atomic E-state index is 13.7. The summed E-state index contributed by atoms with van der Waals surface area (Å²) in [5.41, 5.74) is 0.769. The molecule has 5 amide bonds. The van der Waals surface area contributed by atoms with Gasteiger partial charge in [-0.3, -0.25) is 24.0 Å². The van der Waals surface area contributed by atoms with E-state index in [4.69, 9.17) is 4.74 Å². The zero-order valence-electron chi connectivity index (χ0n) is 26.5. The molecule has 2 aromatic rings. The SMILES string of the molecule is CCCCNC(=O)C(=O)[C@H](C[C@@H]1CCNC1=O)NC(=O)[C@H](CC(C)C)NC(=O)[C@H](Cc1nccs1)NC(=O)OCc1ccccc1. The number of thiazole rings is 1. The van der Waals surface area contributed by atoms with Gasteiger partial charge < -0.3 is 31.3 Å². The van der Waals surface area contributed by atoms with Gasteiger partial charge in [0.2, 0.25) is 23.5 Å². The van der Waals surface area contributed by atoms with Crippen LogP contribution in [0.15, 0.2) is 41.9 Å². The van der Waals surface area contributed by atoms with E-state index in [9.17, 15) is 28.8 Å². The van der Waals surface area contributed by atoms with Crippen molar-refractivity contribution >= 4 is 46.8 Å². The molecule has 0 unspecified atom stereocenters. The van der Waals surface area contributed by atoms with E-state index < -0.39 is 53.6 Å². The third kappa shape index (κ3) is 11.9. The van der Waals surface area contributed by atoms with Gasteiger partial charge in [-0.2, -0.15) is 0 Å². The predicted octanol–water partition coefficient (Wildman–Crippen LogP) is 2.01. The fourth-order valence-electron chi connectivity index (χ4n) is 4.90. The first-order valence-corrected chi connectivity index (χ1v) is 16.5. The Bertz CT molecular complexity index is 1320. The van der Waals surface area contributed by atoms with Crippen LogP contribution in [0.1, 0.15) is 63.4 Å². The molecule has 0 radical (unpaired) electrons. The average Bonchev–Trinajstić information content (AvgIpc) is 3.70. The number of rotatable bonds is 18. The van der Waals surface area contributed by atoms with Crippen LogP contribution >= 0.6 is 11.3 Å². The summed E-state index contributed by atoms with van der Waals surface area (Å²) in [4.78, 5) is 82.4. The van der Waals surface area contributed by atoms with E-state index >= 15 is 0 Å². The second-order valence-electron chi connectivity index (χ2n) is 11.6. The molecule has 1 aromatic carbocycles. The Kier molecular flexibility index (Phi) is 14.6. The van der Waals surface area contributed by atoms with Gasteiger partial charge in [0.25, 0.3) is 5.91 Å². The van der Waals surface area contributed by atoms with Gasteiger partial charge in [-0.15, -0.1) is 11.3 Å². The van der Waals surface area contributed by atoms with Gasteiger partial charge in [-0.1, -0.05) is 57.5 Å². The highest BCUT2D eigenvalue weighted by atomic mass is 32.1. The van der Waals surface area contributed by atoms with Gasteiger partial charge in [-0.05, 0) is 37.2 Å². The molecule has 4 atom stereocenters. The zero-order valence-corrected chi connectivity index (χ0v) is 27.3. The average molecular weight is 657 g/mol. The highest BCUT2D eigenvalue weighted by molar-refractivity contribution is 7.09. The van der Waals surface area contributed by atoms with Crippen molar-refractivity contribution in [2.45, 2.75) is 84.0 Å². The van der Waals surface area contributed by atoms with Crippen molar-refractivity contribution in [3.8, 4) is 0 Å². The molecule has 0 aliphatic carbocycles. The first kappa shape index (κ1) is 36.1. The number of nitrogens with zero attached hydrogens (tertiary/aromatic N) is 1. The highest BCUT2D eigenvalue weighted by Crippen LogP contribution is 2.18. The number of alkyl carbamates (subject to hydrolysis) is 1. The molecule has 46 heavy (non-hydrogen) atoms. The topological polar surface area (TPSA) is 185 Å². The Hall–Kier alpha value is -4.33. The Morgan fingerprint density at radius 3 is 2.37 bits per heavy atom. The summed E-state index contributed by atoms with van der Waals surface area (Å²) in [6.45, 7) is 6.42. The number of hydrogen-bond donors (Lipinski definition) is 5. The van der Waals surface area contributed by atoms with E-state index in [1.807, 2.05) is 39.0 Å². The number of carbonyl (C=O) groups is 6. The Morgan fingerprint density at radius 2 is 1.74 bits per heavy atom. The van der Waals surface area contributed by atoms with E-state index in [1.165, 1.54) is 11.3 Å². The lowest BCUT2D eigenvalue weighted by atomic mass is 9.94. The number of ether oxygens (including phenoxy) is 1. The van der Waals surface area contributed by atoms with Gasteiger partial charge in [0.15, 0.2) is 0 Å². The van der Waals surface area contributed by atoms with Crippen molar-refractivity contribution in [2.24, 2.45) is 11.8 Å². The van der Waals surface area contributed by atoms with Gasteiger partial charge in [-0.25, -0.2) is 9.78 Å². The molecule has 13 nitrogen and oxygen atoms in total. The number of nitrogens with one attached hydrogen (secondary N) is 5. The molecule has 1 aliphatic heterocycles. The van der Waals surface area contributed by atoms with Crippen molar-refractivity contribution in [1.82, 2.24) is 31.6 Å². The molecule has 14 heteroatoms. The lowest BCUT2D eigenvalue weighted by Crippen LogP contribution is -2.57. The van der Waals surface area contributed by atoms with Crippen LogP contribution in [-0.4, -0.2) is 71.7 Å². The van der Waals surface area contributed by atoms with Crippen LogP contribution in [0.5, 0.6) is 0 Å². The molecular weight excluding hydrogens is 612 g/mol. The number of unbranched alkanes of at least 4 members (excludes halogenated alkanes) is 1. The summed E-state index contributed by atoms with van der Waals surface area (Å²) >= 11 is 1.31. The predicted molar refractivity (Wildman–Crippen MR) is 171 cm³/mol. The molecule has 2 heterocycles. The number of benzene rings is 1. The summed E-state index contributed by atoms with van der Waals surface area (Å²) < 4.78 is 5.32. The highest BCUT2D eigenvalue weighted by Gasteiger charge is 2.36. The van der Waals surface area contributed by atoms with Crippen LogP contribution in [0.2, 0.25) is 0 Å². The molecule has 1 aliphatic rings. The van der Waals surface area contributed by atoms with Crippen LogP contribution in [-0.2, 0) is 41.7 Å². The molecule has 3 rings (SSSR count). The van der Waals surface area contributed by atoms with Crippen molar-refractivity contribution in [3.05, 3.63) is 52.5 Å². The van der Waals surface area contributed by atoms with Crippen LogP contribution < -0.4 is 26.6 Å². The standard InChI is InChI=1S/C32H44N6O7S/c1-4-5-12-34-31(43)27(39)23(17-22-11-13-35-28(22)40)36-29(41)24(16-20(2)3)37-30(42)25(18-26-33-14-15-46-26)38-32(44)45-19-21-9-7-6-8-10-21/h6-10,14-15,20,22-25H,4-5,11-13,16-19H2,1-3H3,(H,34,43)(H,35,40)(H,36,41)(H,37,42)(H,38,44)/t22-,23-,24-,25-/m0/s1. The summed E-state index contributed by atoms with van der Waals surface area (Å²) in [7, 11) is 0. The van der Waals surface area contributed by atoms with Crippen molar-refractivity contribution < 1.29 is 33.5 Å². The van der Waals surface area contributed by atoms with Crippen molar-refractivity contribution in [3.63, 3.8) is 0 Å². The number of Topliss-reactive ketones (excluding diaryl/α,β-unsaturated/α-hetero) is 1. The largest absolute Gasteiger partial charge is 0.445 e. The molecule has 5 N–H and O–H groups in total. The quantitative estimate of drug-likeness (QED) is 0.119. The van der Waals surface area contributed by atoms with Crippen molar-refractivity contribution in [2.75, 3.05) is 13.1 Å². The van der Waals surface area contributed by atoms with Gasteiger partial charge in [0.1, 0.15) is 18.7 Å². The van der Waals surface area contributed by atoms with E-state index in [0.29, 0.717) is 30.9 Å². The van der Waals surface area contributed by atoms with E-state index in [2.05, 4.69) is 31.6 Å². The second kappa shape index (κ2) is 18.6. The molecule has 1 fully saturated rings. The van der Waals surface area contributed by atoms with Crippen LogP contribution in [0.4, 0.5) is 4.79 Å². The molecule has 0 saturated carbocycles. The number of ketones is 1. The number of hydrogen-bond acceptors (Lipinski definition) is 9. The van der Waals surface area contributed by atoms with Gasteiger partial charge >= 0.3 is 6.09 Å². The summed E-state index contributed by atoms with van der Waals surface area (Å²) in [5.74, 6) is -3.89. The van der Waals surface area contributed by atoms with E-state index in [1.54, 1.807) is 23.7 Å². The Labute approximate surface area is 273 Å². The van der Waals surface area contributed by atoms with Crippen molar-refractivity contribution in [1.29, 1.82) is 0 Å². The fourth-order valence-corrected chi connectivity index (χ4v) is 5.57. The fraction of sp³-hybridized carbons (Fsp3) is 0.531. The Morgan fingerprint density at radius 1 is 1.02 bits per heavy atom. The lowest BCUT2D eigenvalue weighted by molar-refractivity contribution is -0.141. The van der Waals surface area contributed by atoms with Gasteiger partial charge in [0.05, 0.1) is 11.0 Å². The van der Waals surface area contributed by atoms with Crippen LogP contribution in [0.25, 0.3) is 0 Å². The third-order valence-electron chi connectivity index (χ3n) is 7.38. The van der Waals surface area contributed by atoms with E-state index in [0.717, 1.165) is 12.0 Å². The zero-order chi connectivity index (χ0) is 33.5. The number of amides is 5.